The minimum absolute atomic E-state index is 0.0193. The van der Waals surface area contributed by atoms with Gasteiger partial charge in [-0.25, -0.2) is 9.78 Å². The van der Waals surface area contributed by atoms with E-state index in [4.69, 9.17) is 0 Å². The number of hydrogen-bond donors (Lipinski definition) is 2. The maximum atomic E-state index is 12.8. The number of benzene rings is 1. The van der Waals surface area contributed by atoms with Gasteiger partial charge in [0.15, 0.2) is 0 Å². The van der Waals surface area contributed by atoms with E-state index in [1.807, 2.05) is 35.6 Å². The van der Waals surface area contributed by atoms with Gasteiger partial charge in [-0.1, -0.05) is 0 Å². The third kappa shape index (κ3) is 3.50. The maximum Gasteiger partial charge on any atom is 0.322 e. The van der Waals surface area contributed by atoms with Crippen LogP contribution in [0.3, 0.4) is 0 Å². The fourth-order valence-corrected chi connectivity index (χ4v) is 3.50. The molecule has 3 heterocycles. The first-order valence-electron chi connectivity index (χ1n) is 8.76. The number of likely N-dealkylation sites (tertiary alicyclic amines) is 1. The van der Waals surface area contributed by atoms with Crippen LogP contribution in [-0.4, -0.2) is 43.3 Å². The van der Waals surface area contributed by atoms with Crippen LogP contribution in [0.1, 0.15) is 25.7 Å². The third-order valence-corrected chi connectivity index (χ3v) is 4.86. The molecule has 0 saturated carbocycles. The zero-order valence-electron chi connectivity index (χ0n) is 14.1. The van der Waals surface area contributed by atoms with E-state index in [9.17, 15) is 4.79 Å². The quantitative estimate of drug-likeness (QED) is 0.766. The molecule has 0 radical (unpaired) electrons. The van der Waals surface area contributed by atoms with Crippen molar-refractivity contribution in [1.29, 1.82) is 0 Å². The molecule has 2 N–H and O–H groups in total. The van der Waals surface area contributed by atoms with Gasteiger partial charge in [0.25, 0.3) is 0 Å². The highest BCUT2D eigenvalue weighted by molar-refractivity contribution is 5.92. The molecule has 0 aliphatic carbocycles. The minimum Gasteiger partial charge on any atom is -0.337 e. The number of aryl methyl sites for hydroxylation is 1. The Hall–Kier alpha value is -2.83. The topological polar surface area (TPSA) is 78.8 Å². The van der Waals surface area contributed by atoms with Crippen molar-refractivity contribution in [3.8, 4) is 0 Å². The molecule has 4 rings (SSSR count). The molecular weight excluding hydrogens is 316 g/mol. The molecule has 130 valence electrons. The molecule has 25 heavy (non-hydrogen) atoms. The SMILES string of the molecule is O=C(Nc1ccc2cn[nH]c2c1)N1CCCC[C@@H]1CCn1ccnc1. The zero-order chi connectivity index (χ0) is 17.1. The second-order valence-corrected chi connectivity index (χ2v) is 6.53. The smallest absolute Gasteiger partial charge is 0.322 e. The van der Waals surface area contributed by atoms with Crippen molar-refractivity contribution in [1.82, 2.24) is 24.6 Å². The molecule has 0 bridgehead atoms. The number of anilines is 1. The van der Waals surface area contributed by atoms with E-state index < -0.39 is 0 Å². The summed E-state index contributed by atoms with van der Waals surface area (Å²) < 4.78 is 2.07. The van der Waals surface area contributed by atoms with Crippen molar-refractivity contribution < 1.29 is 4.79 Å². The first-order chi connectivity index (χ1) is 12.3. The van der Waals surface area contributed by atoms with E-state index in [2.05, 4.69) is 25.1 Å². The Kier molecular flexibility index (Phi) is 4.37. The lowest BCUT2D eigenvalue weighted by Gasteiger charge is -2.36. The predicted octanol–water partition coefficient (Wildman–Crippen LogP) is 3.24. The first kappa shape index (κ1) is 15.7. The van der Waals surface area contributed by atoms with Crippen LogP contribution in [-0.2, 0) is 6.54 Å². The minimum atomic E-state index is -0.0193. The number of amides is 2. The van der Waals surface area contributed by atoms with Crippen molar-refractivity contribution in [3.63, 3.8) is 0 Å². The molecular formula is C18H22N6O. The van der Waals surface area contributed by atoms with E-state index in [0.29, 0.717) is 0 Å². The number of imidazole rings is 1. The van der Waals surface area contributed by atoms with Gasteiger partial charge in [-0.3, -0.25) is 5.10 Å². The summed E-state index contributed by atoms with van der Waals surface area (Å²) in [5.41, 5.74) is 1.72. The molecule has 0 unspecified atom stereocenters. The van der Waals surface area contributed by atoms with E-state index in [0.717, 1.165) is 48.9 Å². The molecule has 1 saturated heterocycles. The Morgan fingerprint density at radius 2 is 2.32 bits per heavy atom. The zero-order valence-corrected chi connectivity index (χ0v) is 14.1. The van der Waals surface area contributed by atoms with Crippen LogP contribution in [0.4, 0.5) is 10.5 Å². The summed E-state index contributed by atoms with van der Waals surface area (Å²) in [5.74, 6) is 0. The molecule has 1 fully saturated rings. The van der Waals surface area contributed by atoms with Gasteiger partial charge >= 0.3 is 6.03 Å². The molecule has 2 aromatic heterocycles. The van der Waals surface area contributed by atoms with Gasteiger partial charge in [0, 0.05) is 42.6 Å². The highest BCUT2D eigenvalue weighted by Gasteiger charge is 2.26. The first-order valence-corrected chi connectivity index (χ1v) is 8.76. The maximum absolute atomic E-state index is 12.8. The van der Waals surface area contributed by atoms with Crippen molar-refractivity contribution in [2.75, 3.05) is 11.9 Å². The van der Waals surface area contributed by atoms with Gasteiger partial charge < -0.3 is 14.8 Å². The average molecular weight is 338 g/mol. The van der Waals surface area contributed by atoms with Gasteiger partial charge in [0.2, 0.25) is 0 Å². The Bertz CT molecular complexity index is 840. The molecule has 1 atom stereocenters. The van der Waals surface area contributed by atoms with Crippen LogP contribution in [0, 0.1) is 0 Å². The average Bonchev–Trinajstić information content (AvgIpc) is 3.31. The highest BCUT2D eigenvalue weighted by Crippen LogP contribution is 2.22. The molecule has 1 aliphatic rings. The Labute approximate surface area is 146 Å². The Morgan fingerprint density at radius 3 is 3.20 bits per heavy atom. The lowest BCUT2D eigenvalue weighted by atomic mass is 9.99. The second-order valence-electron chi connectivity index (χ2n) is 6.53. The number of urea groups is 1. The summed E-state index contributed by atoms with van der Waals surface area (Å²) in [6.07, 6.45) is 11.6. The molecule has 7 heteroatoms. The third-order valence-electron chi connectivity index (χ3n) is 4.86. The molecule has 1 aromatic carbocycles. The summed E-state index contributed by atoms with van der Waals surface area (Å²) in [4.78, 5) is 18.8. The highest BCUT2D eigenvalue weighted by atomic mass is 16.2. The second kappa shape index (κ2) is 6.96. The number of hydrogen-bond acceptors (Lipinski definition) is 3. The number of aromatic amines is 1. The lowest BCUT2D eigenvalue weighted by Crippen LogP contribution is -2.46. The number of nitrogens with zero attached hydrogens (tertiary/aromatic N) is 4. The van der Waals surface area contributed by atoms with Crippen LogP contribution in [0.15, 0.2) is 43.1 Å². The van der Waals surface area contributed by atoms with Crippen molar-refractivity contribution in [3.05, 3.63) is 43.1 Å². The van der Waals surface area contributed by atoms with Gasteiger partial charge in [-0.05, 0) is 43.9 Å². The van der Waals surface area contributed by atoms with E-state index in [1.54, 1.807) is 12.4 Å². The summed E-state index contributed by atoms with van der Waals surface area (Å²) >= 11 is 0. The standard InChI is InChI=1S/C18H22N6O/c25-18(21-15-5-4-14-12-20-22-17(14)11-15)24-8-2-1-3-16(24)6-9-23-10-7-19-13-23/h4-5,7,10-13,16H,1-3,6,8-9H2,(H,20,22)(H,21,25)/t16-/m1/s1. The monoisotopic (exact) mass is 338 g/mol. The van der Waals surface area contributed by atoms with Gasteiger partial charge in [-0.15, -0.1) is 0 Å². The van der Waals surface area contributed by atoms with E-state index in [1.165, 1.54) is 6.42 Å². The summed E-state index contributed by atoms with van der Waals surface area (Å²) in [7, 11) is 0. The summed E-state index contributed by atoms with van der Waals surface area (Å²) in [6.45, 7) is 1.70. The summed E-state index contributed by atoms with van der Waals surface area (Å²) in [6, 6.07) is 6.05. The van der Waals surface area contributed by atoms with Crippen LogP contribution in [0.5, 0.6) is 0 Å². The number of carbonyl (C=O) groups excluding carboxylic acids is 1. The van der Waals surface area contributed by atoms with Gasteiger partial charge in [0.1, 0.15) is 0 Å². The van der Waals surface area contributed by atoms with Crippen molar-refractivity contribution in [2.45, 2.75) is 38.3 Å². The number of rotatable bonds is 4. The van der Waals surface area contributed by atoms with Gasteiger partial charge in [-0.2, -0.15) is 5.10 Å². The largest absolute Gasteiger partial charge is 0.337 e. The van der Waals surface area contributed by atoms with Crippen molar-refractivity contribution in [2.24, 2.45) is 0 Å². The number of H-pyrrole nitrogens is 1. The molecule has 2 amide bonds. The number of aromatic nitrogens is 4. The van der Waals surface area contributed by atoms with Crippen LogP contribution in [0.2, 0.25) is 0 Å². The number of nitrogens with one attached hydrogen (secondary N) is 2. The van der Waals surface area contributed by atoms with E-state index in [-0.39, 0.29) is 12.1 Å². The molecule has 7 nitrogen and oxygen atoms in total. The van der Waals surface area contributed by atoms with E-state index >= 15 is 0 Å². The van der Waals surface area contributed by atoms with Gasteiger partial charge in [0.05, 0.1) is 18.0 Å². The van der Waals surface area contributed by atoms with Crippen LogP contribution < -0.4 is 5.32 Å². The summed E-state index contributed by atoms with van der Waals surface area (Å²) in [5, 5.41) is 11.0. The van der Waals surface area contributed by atoms with Crippen molar-refractivity contribution >= 4 is 22.6 Å². The number of fused-ring (bicyclic) bond motifs is 1. The molecule has 3 aromatic rings. The van der Waals surface area contributed by atoms with Crippen LogP contribution >= 0.6 is 0 Å². The Morgan fingerprint density at radius 1 is 1.36 bits per heavy atom. The number of carbonyl (C=O) groups is 1. The normalized spacial score (nSPS) is 17.8. The predicted molar refractivity (Wildman–Crippen MR) is 96.3 cm³/mol. The Balaban J connectivity index is 1.42. The fourth-order valence-electron chi connectivity index (χ4n) is 3.50. The fraction of sp³-hybridized carbons (Fsp3) is 0.389. The lowest BCUT2D eigenvalue weighted by molar-refractivity contribution is 0.155. The molecule has 1 aliphatic heterocycles. The number of piperidine rings is 1. The van der Waals surface area contributed by atoms with Crippen LogP contribution in [0.25, 0.3) is 10.9 Å². The molecule has 0 spiro atoms.